The van der Waals surface area contributed by atoms with Crippen molar-refractivity contribution in [2.45, 2.75) is 39.7 Å². The highest BCUT2D eigenvalue weighted by Crippen LogP contribution is 2.26. The summed E-state index contributed by atoms with van der Waals surface area (Å²) in [5.74, 6) is 1.08. The number of ketones is 1. The number of Topliss-reactive ketones (excluding diaryl/α,β-unsaturated/α-hetero) is 1. The topological polar surface area (TPSA) is 52.3 Å². The summed E-state index contributed by atoms with van der Waals surface area (Å²) in [5.41, 5.74) is 7.63. The Kier molecular flexibility index (Phi) is 4.91. The van der Waals surface area contributed by atoms with Gasteiger partial charge in [-0.15, -0.1) is 0 Å². The number of carbonyl (C=O) groups excluding carboxylic acids is 1. The van der Waals surface area contributed by atoms with Crippen molar-refractivity contribution in [3.63, 3.8) is 0 Å². The molecule has 3 nitrogen and oxygen atoms in total. The molecule has 0 fully saturated rings. The number of nitrogens with two attached hydrogens (primary N) is 1. The highest BCUT2D eigenvalue weighted by atomic mass is 16.5. The zero-order valence-electron chi connectivity index (χ0n) is 11.9. The molecular formula is C15H23NO2. The van der Waals surface area contributed by atoms with Crippen LogP contribution in [0.5, 0.6) is 5.75 Å². The van der Waals surface area contributed by atoms with Gasteiger partial charge < -0.3 is 10.5 Å². The van der Waals surface area contributed by atoms with Crippen LogP contribution >= 0.6 is 0 Å². The van der Waals surface area contributed by atoms with E-state index in [1.807, 2.05) is 32.0 Å². The lowest BCUT2D eigenvalue weighted by Gasteiger charge is -2.17. The van der Waals surface area contributed by atoms with Gasteiger partial charge >= 0.3 is 0 Å². The standard InChI is InChI=1S/C15H23NO2/c1-9(2)11-6-7-12(13(8-11)18-5)15(17)14(16)10(3)4/h6-10,14H,16H2,1-5H3. The van der Waals surface area contributed by atoms with Gasteiger partial charge in [-0.3, -0.25) is 4.79 Å². The molecule has 0 aromatic heterocycles. The molecule has 1 aromatic rings. The lowest BCUT2D eigenvalue weighted by Crippen LogP contribution is -2.35. The van der Waals surface area contributed by atoms with Crippen LogP contribution in [0.1, 0.15) is 49.5 Å². The normalized spacial score (nSPS) is 12.9. The third kappa shape index (κ3) is 3.10. The molecule has 18 heavy (non-hydrogen) atoms. The summed E-state index contributed by atoms with van der Waals surface area (Å²) < 4.78 is 5.31. The average molecular weight is 249 g/mol. The zero-order valence-corrected chi connectivity index (χ0v) is 11.9. The van der Waals surface area contributed by atoms with Crippen molar-refractivity contribution in [2.24, 2.45) is 11.7 Å². The van der Waals surface area contributed by atoms with Gasteiger partial charge in [-0.25, -0.2) is 0 Å². The van der Waals surface area contributed by atoms with E-state index in [4.69, 9.17) is 10.5 Å². The molecule has 0 aliphatic heterocycles. The van der Waals surface area contributed by atoms with Gasteiger partial charge in [0.05, 0.1) is 18.7 Å². The molecule has 0 bridgehead atoms. The van der Waals surface area contributed by atoms with Crippen LogP contribution in [0.4, 0.5) is 0 Å². The molecule has 0 amide bonds. The Balaban J connectivity index is 3.13. The number of hydrogen-bond acceptors (Lipinski definition) is 3. The summed E-state index contributed by atoms with van der Waals surface area (Å²) in [6.45, 7) is 8.10. The molecule has 0 aliphatic rings. The van der Waals surface area contributed by atoms with E-state index in [1.165, 1.54) is 0 Å². The average Bonchev–Trinajstić information content (AvgIpc) is 2.35. The molecule has 0 aliphatic carbocycles. The van der Waals surface area contributed by atoms with Crippen molar-refractivity contribution in [3.05, 3.63) is 29.3 Å². The van der Waals surface area contributed by atoms with Crippen LogP contribution in [0.25, 0.3) is 0 Å². The number of methoxy groups -OCH3 is 1. The van der Waals surface area contributed by atoms with Crippen LogP contribution in [0, 0.1) is 5.92 Å². The molecule has 0 saturated carbocycles. The fraction of sp³-hybridized carbons (Fsp3) is 0.533. The maximum Gasteiger partial charge on any atom is 0.183 e. The fourth-order valence-electron chi connectivity index (χ4n) is 1.75. The molecule has 3 heteroatoms. The first-order chi connectivity index (χ1) is 8.38. The number of carbonyl (C=O) groups is 1. The Morgan fingerprint density at radius 2 is 1.83 bits per heavy atom. The highest BCUT2D eigenvalue weighted by molar-refractivity contribution is 6.02. The van der Waals surface area contributed by atoms with Gasteiger partial charge in [0.1, 0.15) is 5.75 Å². The lowest BCUT2D eigenvalue weighted by atomic mass is 9.93. The Bertz CT molecular complexity index is 425. The van der Waals surface area contributed by atoms with Gasteiger partial charge in [0, 0.05) is 0 Å². The third-order valence-corrected chi connectivity index (χ3v) is 3.18. The summed E-state index contributed by atoms with van der Waals surface area (Å²) in [4.78, 5) is 12.2. The number of ether oxygens (including phenoxy) is 1. The molecule has 1 aromatic carbocycles. The van der Waals surface area contributed by atoms with Crippen molar-refractivity contribution < 1.29 is 9.53 Å². The second-order valence-electron chi connectivity index (χ2n) is 5.25. The van der Waals surface area contributed by atoms with E-state index in [-0.39, 0.29) is 11.7 Å². The molecule has 1 atom stereocenters. The summed E-state index contributed by atoms with van der Waals surface area (Å²) in [5, 5.41) is 0. The van der Waals surface area contributed by atoms with Crippen molar-refractivity contribution in [1.82, 2.24) is 0 Å². The molecule has 0 spiro atoms. The smallest absolute Gasteiger partial charge is 0.183 e. The highest BCUT2D eigenvalue weighted by Gasteiger charge is 2.22. The predicted molar refractivity (Wildman–Crippen MR) is 74.2 cm³/mol. The first kappa shape index (κ1) is 14.7. The first-order valence-corrected chi connectivity index (χ1v) is 6.36. The predicted octanol–water partition coefficient (Wildman–Crippen LogP) is 2.98. The number of hydrogen-bond donors (Lipinski definition) is 1. The minimum absolute atomic E-state index is 0.0582. The van der Waals surface area contributed by atoms with Gasteiger partial charge in [0.25, 0.3) is 0 Å². The largest absolute Gasteiger partial charge is 0.496 e. The SMILES string of the molecule is COc1cc(C(C)C)ccc1C(=O)C(N)C(C)C. The Labute approximate surface area is 109 Å². The Morgan fingerprint density at radius 1 is 1.22 bits per heavy atom. The molecule has 1 unspecified atom stereocenters. The van der Waals surface area contributed by atoms with Gasteiger partial charge in [-0.05, 0) is 29.5 Å². The molecule has 100 valence electrons. The van der Waals surface area contributed by atoms with Gasteiger partial charge in [-0.2, -0.15) is 0 Å². The van der Waals surface area contributed by atoms with E-state index in [9.17, 15) is 4.79 Å². The van der Waals surface area contributed by atoms with E-state index in [0.29, 0.717) is 17.2 Å². The van der Waals surface area contributed by atoms with E-state index in [1.54, 1.807) is 7.11 Å². The van der Waals surface area contributed by atoms with Crippen molar-refractivity contribution in [3.8, 4) is 5.75 Å². The fourth-order valence-corrected chi connectivity index (χ4v) is 1.75. The lowest BCUT2D eigenvalue weighted by molar-refractivity contribution is 0.0937. The van der Waals surface area contributed by atoms with Gasteiger partial charge in [-0.1, -0.05) is 33.8 Å². The molecule has 2 N–H and O–H groups in total. The van der Waals surface area contributed by atoms with Crippen LogP contribution in [-0.4, -0.2) is 18.9 Å². The summed E-state index contributed by atoms with van der Waals surface area (Å²) >= 11 is 0. The number of benzene rings is 1. The minimum atomic E-state index is -0.483. The van der Waals surface area contributed by atoms with E-state index >= 15 is 0 Å². The second kappa shape index (κ2) is 6.01. The van der Waals surface area contributed by atoms with Crippen molar-refractivity contribution in [2.75, 3.05) is 7.11 Å². The summed E-state index contributed by atoms with van der Waals surface area (Å²) in [7, 11) is 1.58. The monoisotopic (exact) mass is 249 g/mol. The molecule has 0 heterocycles. The first-order valence-electron chi connectivity index (χ1n) is 6.36. The van der Waals surface area contributed by atoms with Crippen molar-refractivity contribution >= 4 is 5.78 Å². The Hall–Kier alpha value is -1.35. The van der Waals surface area contributed by atoms with E-state index < -0.39 is 6.04 Å². The maximum absolute atomic E-state index is 12.2. The third-order valence-electron chi connectivity index (χ3n) is 3.18. The Morgan fingerprint density at radius 3 is 2.28 bits per heavy atom. The molecule has 0 saturated heterocycles. The van der Waals surface area contributed by atoms with Crippen LogP contribution in [0.3, 0.4) is 0 Å². The molecule has 0 radical (unpaired) electrons. The van der Waals surface area contributed by atoms with Crippen LogP contribution in [0.15, 0.2) is 18.2 Å². The van der Waals surface area contributed by atoms with Crippen LogP contribution in [-0.2, 0) is 0 Å². The quantitative estimate of drug-likeness (QED) is 0.816. The number of rotatable bonds is 5. The second-order valence-corrected chi connectivity index (χ2v) is 5.25. The van der Waals surface area contributed by atoms with E-state index in [2.05, 4.69) is 13.8 Å². The van der Waals surface area contributed by atoms with E-state index in [0.717, 1.165) is 5.56 Å². The summed E-state index contributed by atoms with van der Waals surface area (Å²) in [6.07, 6.45) is 0. The molecule has 1 rings (SSSR count). The van der Waals surface area contributed by atoms with Crippen molar-refractivity contribution in [1.29, 1.82) is 0 Å². The summed E-state index contributed by atoms with van der Waals surface area (Å²) in [6, 6.07) is 5.22. The van der Waals surface area contributed by atoms with Crippen LogP contribution < -0.4 is 10.5 Å². The zero-order chi connectivity index (χ0) is 13.9. The van der Waals surface area contributed by atoms with Gasteiger partial charge in [0.2, 0.25) is 0 Å². The minimum Gasteiger partial charge on any atom is -0.496 e. The van der Waals surface area contributed by atoms with Crippen LogP contribution in [0.2, 0.25) is 0 Å². The maximum atomic E-state index is 12.2. The van der Waals surface area contributed by atoms with Gasteiger partial charge in [0.15, 0.2) is 5.78 Å². The molecular weight excluding hydrogens is 226 g/mol.